The summed E-state index contributed by atoms with van der Waals surface area (Å²) in [6, 6.07) is 14.2. The van der Waals surface area contributed by atoms with Crippen LogP contribution in [-0.4, -0.2) is 25.2 Å². The second kappa shape index (κ2) is 7.86. The quantitative estimate of drug-likeness (QED) is 0.608. The standard InChI is InChI=1S/C26H26N2O4/c1-14-5-7-16(8-6-14)24-23-15(2)28-32-26(23)27-19-11-18(12-20(29)25(19)24)17-9-10-21(30-3)22(13-17)31-4/h5-10,13,18,24,27H,11-12H2,1-4H3/t18-,24-/m0/s1. The maximum absolute atomic E-state index is 13.6. The molecule has 1 aliphatic carbocycles. The second-order valence-corrected chi connectivity index (χ2v) is 8.51. The van der Waals surface area contributed by atoms with Crippen LogP contribution in [0.3, 0.4) is 0 Å². The number of benzene rings is 2. The van der Waals surface area contributed by atoms with Crippen LogP contribution in [0, 0.1) is 13.8 Å². The van der Waals surface area contributed by atoms with Gasteiger partial charge < -0.3 is 19.3 Å². The molecule has 2 atom stereocenters. The summed E-state index contributed by atoms with van der Waals surface area (Å²) < 4.78 is 16.5. The van der Waals surface area contributed by atoms with Crippen LogP contribution in [0.2, 0.25) is 0 Å². The van der Waals surface area contributed by atoms with E-state index in [4.69, 9.17) is 14.0 Å². The van der Waals surface area contributed by atoms with E-state index in [9.17, 15) is 4.79 Å². The molecule has 0 saturated heterocycles. The van der Waals surface area contributed by atoms with Crippen LogP contribution in [0.5, 0.6) is 11.5 Å². The van der Waals surface area contributed by atoms with E-state index in [1.54, 1.807) is 14.2 Å². The highest BCUT2D eigenvalue weighted by atomic mass is 16.5. The number of hydrogen-bond donors (Lipinski definition) is 1. The van der Waals surface area contributed by atoms with E-state index in [1.165, 1.54) is 5.56 Å². The normalized spacial score (nSPS) is 19.8. The molecule has 0 unspecified atom stereocenters. The van der Waals surface area contributed by atoms with E-state index in [0.29, 0.717) is 30.2 Å². The Bertz CT molecular complexity index is 1220. The van der Waals surface area contributed by atoms with E-state index in [-0.39, 0.29) is 17.6 Å². The molecule has 0 radical (unpaired) electrons. The maximum Gasteiger partial charge on any atom is 0.233 e. The number of anilines is 1. The molecular formula is C26H26N2O4. The van der Waals surface area contributed by atoms with Crippen molar-refractivity contribution in [1.82, 2.24) is 5.16 Å². The molecule has 3 aromatic rings. The first-order chi connectivity index (χ1) is 15.5. The molecule has 6 nitrogen and oxygen atoms in total. The Morgan fingerprint density at radius 1 is 0.969 bits per heavy atom. The summed E-state index contributed by atoms with van der Waals surface area (Å²) in [5.74, 6) is 1.99. The summed E-state index contributed by atoms with van der Waals surface area (Å²) in [5.41, 5.74) is 6.80. The van der Waals surface area contributed by atoms with Gasteiger partial charge in [0.2, 0.25) is 5.88 Å². The minimum absolute atomic E-state index is 0.0396. The van der Waals surface area contributed by atoms with Gasteiger partial charge in [0.05, 0.1) is 25.5 Å². The van der Waals surface area contributed by atoms with Gasteiger partial charge in [0.25, 0.3) is 0 Å². The number of rotatable bonds is 4. The second-order valence-electron chi connectivity index (χ2n) is 8.51. The SMILES string of the molecule is COc1ccc([C@@H]2CC(=O)C3=C(C2)Nc2onc(C)c2[C@@H]3c2ccc(C)cc2)cc1OC. The zero-order valence-electron chi connectivity index (χ0n) is 18.7. The summed E-state index contributed by atoms with van der Waals surface area (Å²) >= 11 is 0. The number of fused-ring (bicyclic) bond motifs is 1. The molecule has 1 aliphatic heterocycles. The van der Waals surface area contributed by atoms with Crippen molar-refractivity contribution in [1.29, 1.82) is 0 Å². The van der Waals surface area contributed by atoms with E-state index >= 15 is 0 Å². The molecule has 6 heteroatoms. The molecule has 2 heterocycles. The fourth-order valence-corrected chi connectivity index (χ4v) is 4.91. The number of hydrogen-bond acceptors (Lipinski definition) is 6. The number of allylic oxidation sites excluding steroid dienone is 2. The summed E-state index contributed by atoms with van der Waals surface area (Å²) in [5, 5.41) is 7.57. The van der Waals surface area contributed by atoms with Crippen molar-refractivity contribution in [3.8, 4) is 11.5 Å². The molecular weight excluding hydrogens is 404 g/mol. The van der Waals surface area contributed by atoms with Crippen LogP contribution in [0.4, 0.5) is 5.88 Å². The lowest BCUT2D eigenvalue weighted by Crippen LogP contribution is -2.29. The molecule has 0 amide bonds. The van der Waals surface area contributed by atoms with Crippen LogP contribution >= 0.6 is 0 Å². The third-order valence-electron chi connectivity index (χ3n) is 6.55. The molecule has 32 heavy (non-hydrogen) atoms. The van der Waals surface area contributed by atoms with E-state index in [0.717, 1.165) is 33.7 Å². The minimum atomic E-state index is -0.174. The number of carbonyl (C=O) groups excluding carboxylic acids is 1. The van der Waals surface area contributed by atoms with Gasteiger partial charge in [0, 0.05) is 23.6 Å². The fraction of sp³-hybridized carbons (Fsp3) is 0.308. The Morgan fingerprint density at radius 3 is 2.41 bits per heavy atom. The van der Waals surface area contributed by atoms with Gasteiger partial charge in [-0.15, -0.1) is 0 Å². The number of aryl methyl sites for hydroxylation is 2. The highest BCUT2D eigenvalue weighted by Gasteiger charge is 2.41. The zero-order valence-corrected chi connectivity index (χ0v) is 18.7. The lowest BCUT2D eigenvalue weighted by Gasteiger charge is -2.34. The molecule has 0 saturated carbocycles. The highest BCUT2D eigenvalue weighted by molar-refractivity contribution is 6.01. The van der Waals surface area contributed by atoms with Crippen molar-refractivity contribution < 1.29 is 18.8 Å². The molecule has 164 valence electrons. The molecule has 1 aromatic heterocycles. The average molecular weight is 431 g/mol. The van der Waals surface area contributed by atoms with Crippen LogP contribution in [-0.2, 0) is 4.79 Å². The number of carbonyl (C=O) groups is 1. The third-order valence-corrected chi connectivity index (χ3v) is 6.55. The Balaban J connectivity index is 1.57. The van der Waals surface area contributed by atoms with Gasteiger partial charge in [0.15, 0.2) is 17.3 Å². The number of Topliss-reactive ketones (excluding diaryl/α,β-unsaturated/α-hetero) is 1. The van der Waals surface area contributed by atoms with E-state index < -0.39 is 0 Å². The third kappa shape index (κ3) is 3.27. The Kier molecular flexibility index (Phi) is 5.00. The summed E-state index contributed by atoms with van der Waals surface area (Å²) in [6.07, 6.45) is 1.15. The van der Waals surface area contributed by atoms with Crippen LogP contribution in [0.15, 0.2) is 58.3 Å². The first kappa shape index (κ1) is 20.4. The topological polar surface area (TPSA) is 73.6 Å². The zero-order chi connectivity index (χ0) is 22.4. The molecule has 0 spiro atoms. The monoisotopic (exact) mass is 430 g/mol. The van der Waals surface area contributed by atoms with Crippen molar-refractivity contribution in [3.63, 3.8) is 0 Å². The highest BCUT2D eigenvalue weighted by Crippen LogP contribution is 2.49. The lowest BCUT2D eigenvalue weighted by molar-refractivity contribution is -0.116. The van der Waals surface area contributed by atoms with Crippen molar-refractivity contribution in [2.24, 2.45) is 0 Å². The molecule has 0 fully saturated rings. The van der Waals surface area contributed by atoms with E-state index in [2.05, 4.69) is 41.7 Å². The lowest BCUT2D eigenvalue weighted by atomic mass is 9.72. The van der Waals surface area contributed by atoms with Gasteiger partial charge in [-0.25, -0.2) is 0 Å². The number of ether oxygens (including phenoxy) is 2. The number of nitrogens with zero attached hydrogens (tertiary/aromatic N) is 1. The largest absolute Gasteiger partial charge is 0.493 e. The molecule has 2 aromatic carbocycles. The van der Waals surface area contributed by atoms with Crippen LogP contribution in [0.25, 0.3) is 0 Å². The van der Waals surface area contributed by atoms with Gasteiger partial charge in [0.1, 0.15) is 0 Å². The Hall–Kier alpha value is -3.54. The van der Waals surface area contributed by atoms with E-state index in [1.807, 2.05) is 25.1 Å². The minimum Gasteiger partial charge on any atom is -0.493 e. The number of nitrogens with one attached hydrogen (secondary N) is 1. The first-order valence-corrected chi connectivity index (χ1v) is 10.8. The average Bonchev–Trinajstić information content (AvgIpc) is 3.18. The van der Waals surface area contributed by atoms with Gasteiger partial charge in [-0.1, -0.05) is 41.1 Å². The van der Waals surface area contributed by atoms with Crippen LogP contribution < -0.4 is 14.8 Å². The van der Waals surface area contributed by atoms with Gasteiger partial charge >= 0.3 is 0 Å². The van der Waals surface area contributed by atoms with Gasteiger partial charge in [-0.3, -0.25) is 4.79 Å². The molecule has 1 N–H and O–H groups in total. The van der Waals surface area contributed by atoms with Crippen molar-refractivity contribution in [2.45, 2.75) is 38.5 Å². The Morgan fingerprint density at radius 2 is 1.69 bits per heavy atom. The van der Waals surface area contributed by atoms with Crippen LogP contribution in [0.1, 0.15) is 52.6 Å². The Labute approximate surface area is 187 Å². The summed E-state index contributed by atoms with van der Waals surface area (Å²) in [4.78, 5) is 13.6. The maximum atomic E-state index is 13.6. The molecule has 0 bridgehead atoms. The summed E-state index contributed by atoms with van der Waals surface area (Å²) in [6.45, 7) is 3.99. The number of methoxy groups -OCH3 is 2. The van der Waals surface area contributed by atoms with Gasteiger partial charge in [-0.2, -0.15) is 0 Å². The van der Waals surface area contributed by atoms with Crippen molar-refractivity contribution in [2.75, 3.05) is 19.5 Å². The fourth-order valence-electron chi connectivity index (χ4n) is 4.91. The first-order valence-electron chi connectivity index (χ1n) is 10.8. The van der Waals surface area contributed by atoms with Crippen molar-refractivity contribution >= 4 is 11.7 Å². The predicted octanol–water partition coefficient (Wildman–Crippen LogP) is 5.27. The number of ketones is 1. The predicted molar refractivity (Wildman–Crippen MR) is 121 cm³/mol. The summed E-state index contributed by atoms with van der Waals surface area (Å²) in [7, 11) is 3.24. The molecule has 5 rings (SSSR count). The molecule has 2 aliphatic rings. The number of aromatic nitrogens is 1. The van der Waals surface area contributed by atoms with Crippen molar-refractivity contribution in [3.05, 3.63) is 81.7 Å². The smallest absolute Gasteiger partial charge is 0.233 e. The van der Waals surface area contributed by atoms with Gasteiger partial charge in [-0.05, 0) is 49.4 Å².